The lowest BCUT2D eigenvalue weighted by molar-refractivity contribution is -0.384. The zero-order valence-electron chi connectivity index (χ0n) is 15.7. The molecule has 0 fully saturated rings. The highest BCUT2D eigenvalue weighted by molar-refractivity contribution is 6.07. The second-order valence-electron chi connectivity index (χ2n) is 6.52. The molecule has 0 saturated heterocycles. The van der Waals surface area contributed by atoms with Crippen molar-refractivity contribution in [2.75, 3.05) is 12.8 Å². The van der Waals surface area contributed by atoms with E-state index in [1.165, 1.54) is 19.2 Å². The van der Waals surface area contributed by atoms with Gasteiger partial charge in [-0.3, -0.25) is 19.9 Å². The Morgan fingerprint density at radius 1 is 1.25 bits per heavy atom. The minimum absolute atomic E-state index is 0.0579. The quantitative estimate of drug-likeness (QED) is 0.493. The molecule has 2 heterocycles. The van der Waals surface area contributed by atoms with Crippen molar-refractivity contribution in [3.05, 3.63) is 69.5 Å². The lowest BCUT2D eigenvalue weighted by Crippen LogP contribution is -2.33. The first-order chi connectivity index (χ1) is 13.3. The number of nitrogens with zero attached hydrogens (tertiary/aromatic N) is 3. The number of nitro groups is 1. The Morgan fingerprint density at radius 2 is 2.00 bits per heavy atom. The Morgan fingerprint density at radius 3 is 2.64 bits per heavy atom. The van der Waals surface area contributed by atoms with E-state index in [2.05, 4.69) is 9.98 Å². The third kappa shape index (κ3) is 3.36. The van der Waals surface area contributed by atoms with Gasteiger partial charge < -0.3 is 10.5 Å². The van der Waals surface area contributed by atoms with Crippen LogP contribution in [0.5, 0.6) is 0 Å². The summed E-state index contributed by atoms with van der Waals surface area (Å²) in [5, 5.41) is 11.3. The lowest BCUT2D eigenvalue weighted by Gasteiger charge is -2.32. The van der Waals surface area contributed by atoms with Gasteiger partial charge >= 0.3 is 5.97 Å². The molecule has 3 rings (SSSR count). The number of aliphatic imine (C=N–C) groups is 1. The molecule has 1 aliphatic heterocycles. The molecule has 0 radical (unpaired) electrons. The predicted molar refractivity (Wildman–Crippen MR) is 106 cm³/mol. The van der Waals surface area contributed by atoms with Crippen LogP contribution in [-0.4, -0.2) is 28.7 Å². The van der Waals surface area contributed by atoms with Gasteiger partial charge in [-0.2, -0.15) is 0 Å². The van der Waals surface area contributed by atoms with Gasteiger partial charge in [0.25, 0.3) is 5.69 Å². The minimum atomic E-state index is -0.731. The van der Waals surface area contributed by atoms with Crippen molar-refractivity contribution < 1.29 is 14.5 Å². The van der Waals surface area contributed by atoms with Gasteiger partial charge in [0.2, 0.25) is 0 Å². The number of hydrogen-bond donors (Lipinski definition) is 1. The average molecular weight is 380 g/mol. The van der Waals surface area contributed by atoms with E-state index in [0.29, 0.717) is 33.9 Å². The first kappa shape index (κ1) is 19.2. The Labute approximate surface area is 161 Å². The normalized spacial score (nSPS) is 19.2. The summed E-state index contributed by atoms with van der Waals surface area (Å²) in [6.45, 7) is 3.57. The number of esters is 1. The van der Waals surface area contributed by atoms with Crippen LogP contribution in [0.2, 0.25) is 0 Å². The van der Waals surface area contributed by atoms with Gasteiger partial charge in [-0.1, -0.05) is 12.1 Å². The number of nitro benzene ring substituents is 1. The molecule has 1 aromatic carbocycles. The summed E-state index contributed by atoms with van der Waals surface area (Å²) in [6.07, 6.45) is 1.58. The second-order valence-corrected chi connectivity index (χ2v) is 6.52. The van der Waals surface area contributed by atoms with E-state index < -0.39 is 22.7 Å². The fourth-order valence-electron chi connectivity index (χ4n) is 3.66. The van der Waals surface area contributed by atoms with Crippen LogP contribution >= 0.6 is 0 Å². The second kappa shape index (κ2) is 7.59. The number of benzene rings is 1. The van der Waals surface area contributed by atoms with E-state index in [9.17, 15) is 14.9 Å². The Balaban J connectivity index is 2.29. The van der Waals surface area contributed by atoms with Crippen LogP contribution in [0.15, 0.2) is 53.3 Å². The number of pyridine rings is 1. The zero-order valence-corrected chi connectivity index (χ0v) is 15.7. The molecule has 1 aliphatic rings. The van der Waals surface area contributed by atoms with Crippen LogP contribution in [0.25, 0.3) is 5.57 Å². The zero-order chi connectivity index (χ0) is 20.4. The maximum absolute atomic E-state index is 12.6. The van der Waals surface area contributed by atoms with Crippen molar-refractivity contribution in [3.8, 4) is 0 Å². The van der Waals surface area contributed by atoms with Crippen molar-refractivity contribution in [1.29, 1.82) is 0 Å². The number of anilines is 1. The molecular formula is C20H20N4O4. The SMILES string of the molecule is COC(=O)C1C(C)=NC(C)=C(c2cccnc2N)C1c1cccc([N+](=O)[O-])c1. The molecule has 144 valence electrons. The molecule has 1 aromatic heterocycles. The summed E-state index contributed by atoms with van der Waals surface area (Å²) in [7, 11) is 1.31. The summed E-state index contributed by atoms with van der Waals surface area (Å²) in [4.78, 5) is 32.2. The molecule has 2 unspecified atom stereocenters. The van der Waals surface area contributed by atoms with Gasteiger partial charge in [0, 0.05) is 41.2 Å². The van der Waals surface area contributed by atoms with Gasteiger partial charge in [0.15, 0.2) is 0 Å². The van der Waals surface area contributed by atoms with Gasteiger partial charge in [0.05, 0.1) is 12.0 Å². The first-order valence-corrected chi connectivity index (χ1v) is 8.64. The molecule has 0 saturated carbocycles. The van der Waals surface area contributed by atoms with Gasteiger partial charge in [-0.25, -0.2) is 4.98 Å². The van der Waals surface area contributed by atoms with Crippen LogP contribution in [0, 0.1) is 16.0 Å². The highest BCUT2D eigenvalue weighted by atomic mass is 16.6. The number of methoxy groups -OCH3 is 1. The predicted octanol–water partition coefficient (Wildman–Crippen LogP) is 3.35. The third-order valence-corrected chi connectivity index (χ3v) is 4.85. The maximum Gasteiger partial charge on any atom is 0.315 e. The number of carbonyl (C=O) groups is 1. The standard InChI is InChI=1S/C20H20N4O4/c1-11-16(15-8-5-9-22-19(15)21)18(17(12(2)23-11)20(25)28-3)13-6-4-7-14(10-13)24(26)27/h4-10,17-18H,1-3H3,(H2,21,22). The minimum Gasteiger partial charge on any atom is -0.468 e. The molecule has 0 spiro atoms. The Kier molecular flexibility index (Phi) is 5.21. The summed E-state index contributed by atoms with van der Waals surface area (Å²) in [5.74, 6) is -1.45. The van der Waals surface area contributed by atoms with Crippen molar-refractivity contribution in [3.63, 3.8) is 0 Å². The van der Waals surface area contributed by atoms with Crippen molar-refractivity contribution in [2.24, 2.45) is 10.9 Å². The van der Waals surface area contributed by atoms with Crippen LogP contribution in [0.3, 0.4) is 0 Å². The molecular weight excluding hydrogens is 360 g/mol. The number of aromatic nitrogens is 1. The number of ether oxygens (including phenoxy) is 1. The maximum atomic E-state index is 12.6. The summed E-state index contributed by atoms with van der Waals surface area (Å²) in [6, 6.07) is 9.79. The highest BCUT2D eigenvalue weighted by Gasteiger charge is 2.40. The number of nitrogen functional groups attached to an aromatic ring is 1. The fraction of sp³-hybridized carbons (Fsp3) is 0.250. The number of carbonyl (C=O) groups excluding carboxylic acids is 1. The number of non-ortho nitro benzene ring substituents is 1. The van der Waals surface area contributed by atoms with Gasteiger partial charge in [-0.15, -0.1) is 0 Å². The van der Waals surface area contributed by atoms with Gasteiger partial charge in [0.1, 0.15) is 11.7 Å². The summed E-state index contributed by atoms with van der Waals surface area (Å²) < 4.78 is 5.02. The number of nitrogens with two attached hydrogens (primary N) is 1. The van der Waals surface area contributed by atoms with Crippen molar-refractivity contribution in [2.45, 2.75) is 19.8 Å². The smallest absolute Gasteiger partial charge is 0.315 e. The van der Waals surface area contributed by atoms with Crippen molar-refractivity contribution in [1.82, 2.24) is 4.98 Å². The monoisotopic (exact) mass is 380 g/mol. The van der Waals surface area contributed by atoms with E-state index >= 15 is 0 Å². The molecule has 2 atom stereocenters. The molecule has 28 heavy (non-hydrogen) atoms. The van der Waals surface area contributed by atoms with Crippen LogP contribution in [0.4, 0.5) is 11.5 Å². The van der Waals surface area contributed by atoms with Crippen LogP contribution in [-0.2, 0) is 9.53 Å². The van der Waals surface area contributed by atoms with Gasteiger partial charge in [-0.05, 0) is 37.1 Å². The summed E-state index contributed by atoms with van der Waals surface area (Å²) >= 11 is 0. The topological polar surface area (TPSA) is 121 Å². The number of allylic oxidation sites excluding steroid dienone is 2. The Hall–Kier alpha value is -3.55. The fourth-order valence-corrected chi connectivity index (χ4v) is 3.66. The number of rotatable bonds is 4. The Bertz CT molecular complexity index is 1010. The summed E-state index contributed by atoms with van der Waals surface area (Å²) in [5.41, 5.74) is 9.24. The van der Waals surface area contributed by atoms with E-state index in [-0.39, 0.29) is 5.69 Å². The first-order valence-electron chi connectivity index (χ1n) is 8.64. The molecule has 0 aliphatic carbocycles. The largest absolute Gasteiger partial charge is 0.468 e. The van der Waals surface area contributed by atoms with E-state index in [4.69, 9.17) is 10.5 Å². The molecule has 2 aromatic rings. The molecule has 8 heteroatoms. The molecule has 8 nitrogen and oxygen atoms in total. The number of hydrogen-bond acceptors (Lipinski definition) is 7. The lowest BCUT2D eigenvalue weighted by atomic mass is 9.73. The molecule has 0 amide bonds. The molecule has 2 N–H and O–H groups in total. The van der Waals surface area contributed by atoms with E-state index in [0.717, 1.165) is 0 Å². The van der Waals surface area contributed by atoms with Crippen LogP contribution in [0.1, 0.15) is 30.9 Å². The highest BCUT2D eigenvalue weighted by Crippen LogP contribution is 2.46. The van der Waals surface area contributed by atoms with E-state index in [1.807, 2.05) is 6.92 Å². The van der Waals surface area contributed by atoms with Crippen LogP contribution < -0.4 is 5.73 Å². The third-order valence-electron chi connectivity index (χ3n) is 4.85. The molecule has 0 bridgehead atoms. The van der Waals surface area contributed by atoms with Crippen molar-refractivity contribution >= 4 is 28.8 Å². The van der Waals surface area contributed by atoms with E-state index in [1.54, 1.807) is 37.4 Å². The average Bonchev–Trinajstić information content (AvgIpc) is 2.68.